The van der Waals surface area contributed by atoms with E-state index in [9.17, 15) is 14.0 Å². The molecule has 0 unspecified atom stereocenters. The maximum atomic E-state index is 13.4. The number of methoxy groups -OCH3 is 1. The Hall–Kier alpha value is -4.21. The average molecular weight is 437 g/mol. The predicted octanol–water partition coefficient (Wildman–Crippen LogP) is 2.43. The number of nitrogens with two attached hydrogens (primary N) is 1. The third-order valence-electron chi connectivity index (χ3n) is 4.93. The van der Waals surface area contributed by atoms with Gasteiger partial charge in [-0.15, -0.1) is 0 Å². The minimum Gasteiger partial charge on any atom is -0.493 e. The quantitative estimate of drug-likeness (QED) is 0.496. The van der Waals surface area contributed by atoms with Crippen LogP contribution in [0.3, 0.4) is 0 Å². The number of aryl methyl sites for hydroxylation is 1. The van der Waals surface area contributed by atoms with Crippen LogP contribution in [0.5, 0.6) is 11.5 Å². The SMILES string of the molecule is CCOc1ccc(-c2nc(C(N)=O)c3c(n2)n(-c2ccc(F)cc2)c(=O)n3C)cc1OC. The van der Waals surface area contributed by atoms with Gasteiger partial charge in [0.15, 0.2) is 28.7 Å². The second-order valence-electron chi connectivity index (χ2n) is 6.88. The normalized spacial score (nSPS) is 11.0. The lowest BCUT2D eigenvalue weighted by molar-refractivity contribution is 0.0997. The van der Waals surface area contributed by atoms with Gasteiger partial charge in [-0.25, -0.2) is 23.7 Å². The van der Waals surface area contributed by atoms with Crippen molar-refractivity contribution >= 4 is 17.1 Å². The van der Waals surface area contributed by atoms with E-state index in [4.69, 9.17) is 15.2 Å². The zero-order chi connectivity index (χ0) is 23.0. The molecule has 0 spiro atoms. The van der Waals surface area contributed by atoms with E-state index in [2.05, 4.69) is 9.97 Å². The van der Waals surface area contributed by atoms with E-state index in [1.54, 1.807) is 18.2 Å². The van der Waals surface area contributed by atoms with Gasteiger partial charge in [0.25, 0.3) is 5.91 Å². The van der Waals surface area contributed by atoms with Gasteiger partial charge in [0.1, 0.15) is 11.3 Å². The molecule has 0 aliphatic carbocycles. The zero-order valence-corrected chi connectivity index (χ0v) is 17.6. The fraction of sp³-hybridized carbons (Fsp3) is 0.182. The molecule has 164 valence electrons. The van der Waals surface area contributed by atoms with Crippen molar-refractivity contribution in [3.05, 3.63) is 64.5 Å². The fourth-order valence-corrected chi connectivity index (χ4v) is 3.45. The number of nitrogens with zero attached hydrogens (tertiary/aromatic N) is 4. The van der Waals surface area contributed by atoms with E-state index in [0.29, 0.717) is 29.4 Å². The van der Waals surface area contributed by atoms with Gasteiger partial charge in [-0.05, 0) is 49.4 Å². The van der Waals surface area contributed by atoms with Crippen molar-refractivity contribution < 1.29 is 18.7 Å². The molecule has 2 aromatic carbocycles. The molecule has 1 amide bonds. The Bertz CT molecular complexity index is 1390. The lowest BCUT2D eigenvalue weighted by atomic mass is 10.1. The van der Waals surface area contributed by atoms with Crippen LogP contribution in [0.1, 0.15) is 17.4 Å². The van der Waals surface area contributed by atoms with Gasteiger partial charge in [0, 0.05) is 12.6 Å². The molecule has 4 rings (SSSR count). The molecule has 0 saturated heterocycles. The standard InChI is InChI=1S/C22H20FN5O4/c1-4-32-15-10-5-12(11-16(15)31-3)20-25-17(19(24)29)18-21(26-20)28(22(30)27(18)2)14-8-6-13(23)7-9-14/h5-11H,4H2,1-3H3,(H2,24,29). The zero-order valence-electron chi connectivity index (χ0n) is 17.6. The Labute approximate surface area is 181 Å². The topological polar surface area (TPSA) is 114 Å². The average Bonchev–Trinajstić information content (AvgIpc) is 3.04. The molecule has 0 radical (unpaired) electrons. The molecule has 0 saturated carbocycles. The number of halogens is 1. The minimum atomic E-state index is -0.816. The minimum absolute atomic E-state index is 0.113. The van der Waals surface area contributed by atoms with E-state index in [-0.39, 0.29) is 22.7 Å². The lowest BCUT2D eigenvalue weighted by Gasteiger charge is -2.11. The Morgan fingerprint density at radius 1 is 1.12 bits per heavy atom. The van der Waals surface area contributed by atoms with Crippen LogP contribution in [0.15, 0.2) is 47.3 Å². The van der Waals surface area contributed by atoms with Crippen molar-refractivity contribution in [2.75, 3.05) is 13.7 Å². The van der Waals surface area contributed by atoms with E-state index < -0.39 is 17.4 Å². The van der Waals surface area contributed by atoms with Crippen molar-refractivity contribution in [2.24, 2.45) is 12.8 Å². The summed E-state index contributed by atoms with van der Waals surface area (Å²) in [5, 5.41) is 0. The molecule has 2 N–H and O–H groups in total. The van der Waals surface area contributed by atoms with Crippen molar-refractivity contribution in [1.82, 2.24) is 19.1 Å². The van der Waals surface area contributed by atoms with Crippen LogP contribution in [-0.2, 0) is 7.05 Å². The molecule has 0 bridgehead atoms. The third-order valence-corrected chi connectivity index (χ3v) is 4.93. The number of rotatable bonds is 6. The number of carbonyl (C=O) groups is 1. The molecular formula is C22H20FN5O4. The van der Waals surface area contributed by atoms with Crippen LogP contribution in [0.4, 0.5) is 4.39 Å². The molecule has 9 nitrogen and oxygen atoms in total. The van der Waals surface area contributed by atoms with E-state index in [1.807, 2.05) is 6.92 Å². The third kappa shape index (κ3) is 3.45. The second kappa shape index (κ2) is 8.14. The number of amides is 1. The van der Waals surface area contributed by atoms with Crippen molar-refractivity contribution in [3.63, 3.8) is 0 Å². The monoisotopic (exact) mass is 437 g/mol. The maximum absolute atomic E-state index is 13.4. The highest BCUT2D eigenvalue weighted by Gasteiger charge is 2.23. The smallest absolute Gasteiger partial charge is 0.334 e. The largest absolute Gasteiger partial charge is 0.493 e. The highest BCUT2D eigenvalue weighted by Crippen LogP contribution is 2.32. The van der Waals surface area contributed by atoms with E-state index >= 15 is 0 Å². The van der Waals surface area contributed by atoms with E-state index in [1.165, 1.54) is 47.6 Å². The van der Waals surface area contributed by atoms with Crippen LogP contribution >= 0.6 is 0 Å². The first-order chi connectivity index (χ1) is 15.3. The van der Waals surface area contributed by atoms with Gasteiger partial charge in [-0.1, -0.05) is 0 Å². The molecule has 0 aliphatic heterocycles. The molecular weight excluding hydrogens is 417 g/mol. The van der Waals surface area contributed by atoms with Crippen LogP contribution in [0, 0.1) is 5.82 Å². The van der Waals surface area contributed by atoms with Crippen LogP contribution in [0.25, 0.3) is 28.2 Å². The first-order valence-corrected chi connectivity index (χ1v) is 9.72. The van der Waals surface area contributed by atoms with Gasteiger partial charge < -0.3 is 15.2 Å². The van der Waals surface area contributed by atoms with Crippen LogP contribution in [-0.4, -0.2) is 38.7 Å². The summed E-state index contributed by atoms with van der Waals surface area (Å²) in [5.41, 5.74) is 6.23. The number of ether oxygens (including phenoxy) is 2. The summed E-state index contributed by atoms with van der Waals surface area (Å²) in [4.78, 5) is 34.1. The number of primary amides is 1. The Morgan fingerprint density at radius 2 is 1.84 bits per heavy atom. The molecule has 32 heavy (non-hydrogen) atoms. The summed E-state index contributed by atoms with van der Waals surface area (Å²) in [5.74, 6) is -0.107. The van der Waals surface area contributed by atoms with Gasteiger partial charge in [-0.3, -0.25) is 9.36 Å². The number of benzene rings is 2. The number of hydrogen-bond donors (Lipinski definition) is 1. The number of hydrogen-bond acceptors (Lipinski definition) is 6. The van der Waals surface area contributed by atoms with Gasteiger partial charge in [-0.2, -0.15) is 0 Å². The number of aromatic nitrogens is 4. The van der Waals surface area contributed by atoms with E-state index in [0.717, 1.165) is 0 Å². The van der Waals surface area contributed by atoms with Crippen molar-refractivity contribution in [2.45, 2.75) is 6.92 Å². The molecule has 0 atom stereocenters. The van der Waals surface area contributed by atoms with Gasteiger partial charge in [0.05, 0.1) is 19.4 Å². The lowest BCUT2D eigenvalue weighted by Crippen LogP contribution is -2.21. The highest BCUT2D eigenvalue weighted by atomic mass is 19.1. The van der Waals surface area contributed by atoms with Gasteiger partial charge in [0.2, 0.25) is 0 Å². The number of imidazole rings is 1. The fourth-order valence-electron chi connectivity index (χ4n) is 3.45. The summed E-state index contributed by atoms with van der Waals surface area (Å²) >= 11 is 0. The molecule has 10 heteroatoms. The molecule has 0 fully saturated rings. The Morgan fingerprint density at radius 3 is 2.47 bits per heavy atom. The molecule has 2 heterocycles. The Kier molecular flexibility index (Phi) is 5.35. The summed E-state index contributed by atoms with van der Waals surface area (Å²) in [6.07, 6.45) is 0. The Balaban J connectivity index is 2.02. The number of fused-ring (bicyclic) bond motifs is 1. The molecule has 2 aromatic heterocycles. The van der Waals surface area contributed by atoms with Crippen molar-refractivity contribution in [1.29, 1.82) is 0 Å². The highest BCUT2D eigenvalue weighted by molar-refractivity contribution is 6.02. The summed E-state index contributed by atoms with van der Waals surface area (Å²) in [7, 11) is 2.99. The van der Waals surface area contributed by atoms with Crippen LogP contribution < -0.4 is 20.9 Å². The predicted molar refractivity (Wildman–Crippen MR) is 116 cm³/mol. The van der Waals surface area contributed by atoms with Gasteiger partial charge >= 0.3 is 5.69 Å². The van der Waals surface area contributed by atoms with Crippen molar-refractivity contribution in [3.8, 4) is 28.6 Å². The second-order valence-corrected chi connectivity index (χ2v) is 6.88. The maximum Gasteiger partial charge on any atom is 0.334 e. The first kappa shape index (κ1) is 21.0. The molecule has 0 aliphatic rings. The number of carbonyl (C=O) groups excluding carboxylic acids is 1. The molecule has 4 aromatic rings. The summed E-state index contributed by atoms with van der Waals surface area (Å²) in [6.45, 7) is 2.31. The first-order valence-electron chi connectivity index (χ1n) is 9.72. The van der Waals surface area contributed by atoms with Crippen LogP contribution in [0.2, 0.25) is 0 Å². The summed E-state index contributed by atoms with van der Waals surface area (Å²) in [6, 6.07) is 10.4. The summed E-state index contributed by atoms with van der Waals surface area (Å²) < 4.78 is 26.9.